The predicted octanol–water partition coefficient (Wildman–Crippen LogP) is 5.35. The van der Waals surface area contributed by atoms with E-state index in [1.807, 2.05) is 30.3 Å². The molecular formula is C31H30F3N3O5. The Morgan fingerprint density at radius 1 is 0.857 bits per heavy atom. The number of amides is 2. The lowest BCUT2D eigenvalue weighted by molar-refractivity contribution is -0.137. The quantitative estimate of drug-likeness (QED) is 0.405. The molecule has 220 valence electrons. The van der Waals surface area contributed by atoms with Crippen molar-refractivity contribution < 1.29 is 37.0 Å². The first-order chi connectivity index (χ1) is 20.2. The molecule has 6 rings (SSSR count). The van der Waals surface area contributed by atoms with Crippen molar-refractivity contribution in [2.24, 2.45) is 0 Å². The van der Waals surface area contributed by atoms with Crippen LogP contribution in [0.25, 0.3) is 0 Å². The van der Waals surface area contributed by atoms with Crippen LogP contribution in [0.2, 0.25) is 0 Å². The van der Waals surface area contributed by atoms with E-state index in [1.165, 1.54) is 12.1 Å². The van der Waals surface area contributed by atoms with Gasteiger partial charge in [0.2, 0.25) is 6.79 Å². The van der Waals surface area contributed by atoms with Gasteiger partial charge in [0, 0.05) is 51.1 Å². The second-order valence-corrected chi connectivity index (χ2v) is 10.9. The molecule has 0 aromatic heterocycles. The van der Waals surface area contributed by atoms with E-state index in [-0.39, 0.29) is 18.8 Å². The first-order valence-corrected chi connectivity index (χ1v) is 13.8. The van der Waals surface area contributed by atoms with Crippen LogP contribution in [0.5, 0.6) is 11.5 Å². The van der Waals surface area contributed by atoms with Crippen LogP contribution in [0.15, 0.2) is 66.7 Å². The molecule has 3 aliphatic heterocycles. The summed E-state index contributed by atoms with van der Waals surface area (Å²) in [7, 11) is 0. The Kier molecular flexibility index (Phi) is 7.44. The number of hydrogen-bond donors (Lipinski definition) is 1. The molecule has 0 atom stereocenters. The van der Waals surface area contributed by atoms with Gasteiger partial charge in [-0.15, -0.1) is 0 Å². The lowest BCUT2D eigenvalue weighted by atomic mass is 9.91. The van der Waals surface area contributed by atoms with E-state index in [2.05, 4.69) is 10.2 Å². The Hall–Kier alpha value is -4.25. The summed E-state index contributed by atoms with van der Waals surface area (Å²) < 4.78 is 55.0. The van der Waals surface area contributed by atoms with Crippen LogP contribution in [-0.4, -0.2) is 53.8 Å². The molecule has 3 aromatic rings. The van der Waals surface area contributed by atoms with Gasteiger partial charge in [-0.05, 0) is 53.1 Å². The molecule has 2 saturated heterocycles. The van der Waals surface area contributed by atoms with Crippen LogP contribution in [0.4, 0.5) is 18.0 Å². The zero-order valence-electron chi connectivity index (χ0n) is 22.8. The van der Waals surface area contributed by atoms with E-state index < -0.39 is 17.3 Å². The lowest BCUT2D eigenvalue weighted by Crippen LogP contribution is -2.46. The van der Waals surface area contributed by atoms with Crippen LogP contribution in [0, 0.1) is 0 Å². The van der Waals surface area contributed by atoms with Gasteiger partial charge >= 0.3 is 12.3 Å². The Bertz CT molecular complexity index is 1450. The number of likely N-dealkylation sites (tertiary alicyclic amines) is 1. The fraction of sp³-hybridized carbons (Fsp3) is 0.355. The van der Waals surface area contributed by atoms with Gasteiger partial charge in [0.05, 0.1) is 12.1 Å². The number of halogens is 3. The highest BCUT2D eigenvalue weighted by atomic mass is 19.4. The largest absolute Gasteiger partial charge is 0.454 e. The van der Waals surface area contributed by atoms with E-state index in [4.69, 9.17) is 14.2 Å². The van der Waals surface area contributed by atoms with Crippen molar-refractivity contribution in [3.05, 3.63) is 94.5 Å². The van der Waals surface area contributed by atoms with Crippen LogP contribution < -0.4 is 14.8 Å². The van der Waals surface area contributed by atoms with Crippen LogP contribution in [0.1, 0.15) is 45.5 Å². The summed E-state index contributed by atoms with van der Waals surface area (Å²) in [5.74, 6) is 1.15. The molecule has 2 fully saturated rings. The summed E-state index contributed by atoms with van der Waals surface area (Å²) in [6.07, 6.45) is -3.41. The van der Waals surface area contributed by atoms with Crippen LogP contribution >= 0.6 is 0 Å². The third-order valence-corrected chi connectivity index (χ3v) is 7.98. The van der Waals surface area contributed by atoms with Crippen molar-refractivity contribution in [2.75, 3.05) is 26.4 Å². The van der Waals surface area contributed by atoms with Gasteiger partial charge in [-0.2, -0.15) is 13.2 Å². The van der Waals surface area contributed by atoms with E-state index in [1.54, 1.807) is 17.0 Å². The highest BCUT2D eigenvalue weighted by Gasteiger charge is 2.46. The summed E-state index contributed by atoms with van der Waals surface area (Å²) >= 11 is 0. The molecule has 1 N–H and O–H groups in total. The number of rotatable bonds is 7. The molecule has 11 heteroatoms. The summed E-state index contributed by atoms with van der Waals surface area (Å²) in [6, 6.07) is 17.9. The van der Waals surface area contributed by atoms with E-state index in [9.17, 15) is 22.8 Å². The number of benzene rings is 3. The zero-order chi connectivity index (χ0) is 29.3. The standard InChI is InChI=1S/C31H30F3N3O5/c32-31(33,34)25-8-3-21(4-9-25)17-36-13-11-30(12-14-36)19-37(29(39)42-30)18-22-1-6-24(7-2-22)28(38)35-16-23-5-10-26-27(15-23)41-20-40-26/h1-10,15H,11-14,16-20H2,(H,35,38). The molecule has 0 saturated carbocycles. The number of fused-ring (bicyclic) bond motifs is 1. The molecule has 0 radical (unpaired) electrons. The predicted molar refractivity (Wildman–Crippen MR) is 146 cm³/mol. The Morgan fingerprint density at radius 2 is 1.50 bits per heavy atom. The van der Waals surface area contributed by atoms with Crippen LogP contribution in [0.3, 0.4) is 0 Å². The molecule has 3 aromatic carbocycles. The van der Waals surface area contributed by atoms with Crippen molar-refractivity contribution in [2.45, 2.75) is 44.3 Å². The first kappa shape index (κ1) is 27.9. The minimum atomic E-state index is -4.35. The fourth-order valence-corrected chi connectivity index (χ4v) is 5.57. The molecule has 8 nitrogen and oxygen atoms in total. The van der Waals surface area contributed by atoms with Gasteiger partial charge in [-0.25, -0.2) is 4.79 Å². The van der Waals surface area contributed by atoms with Crippen molar-refractivity contribution in [3.8, 4) is 11.5 Å². The molecule has 2 amide bonds. The summed E-state index contributed by atoms with van der Waals surface area (Å²) in [4.78, 5) is 29.2. The summed E-state index contributed by atoms with van der Waals surface area (Å²) in [6.45, 7) is 3.28. The van der Waals surface area contributed by atoms with Crippen molar-refractivity contribution in [1.29, 1.82) is 0 Å². The zero-order valence-corrected chi connectivity index (χ0v) is 22.8. The van der Waals surface area contributed by atoms with Crippen molar-refractivity contribution in [1.82, 2.24) is 15.1 Å². The maximum absolute atomic E-state index is 12.8. The number of nitrogens with one attached hydrogen (secondary N) is 1. The van der Waals surface area contributed by atoms with E-state index in [0.717, 1.165) is 28.8 Å². The Balaban J connectivity index is 0.977. The molecular weight excluding hydrogens is 551 g/mol. The molecule has 3 heterocycles. The third-order valence-electron chi connectivity index (χ3n) is 7.98. The second-order valence-electron chi connectivity index (χ2n) is 10.9. The number of piperidine rings is 1. The number of alkyl halides is 3. The van der Waals surface area contributed by atoms with Gasteiger partial charge in [0.1, 0.15) is 5.60 Å². The maximum atomic E-state index is 12.8. The van der Waals surface area contributed by atoms with Gasteiger partial charge in [-0.3, -0.25) is 14.6 Å². The molecule has 0 aliphatic carbocycles. The van der Waals surface area contributed by atoms with E-state index in [0.29, 0.717) is 69.2 Å². The molecule has 42 heavy (non-hydrogen) atoms. The number of carbonyl (C=O) groups excluding carboxylic acids is 2. The third kappa shape index (κ3) is 6.15. The molecule has 0 bridgehead atoms. The number of carbonyl (C=O) groups is 2. The van der Waals surface area contributed by atoms with Gasteiger partial charge < -0.3 is 19.5 Å². The minimum Gasteiger partial charge on any atom is -0.454 e. The number of ether oxygens (including phenoxy) is 3. The minimum absolute atomic E-state index is 0.195. The van der Waals surface area contributed by atoms with Gasteiger partial charge in [0.15, 0.2) is 11.5 Å². The average Bonchev–Trinajstić information content (AvgIpc) is 3.57. The smallest absolute Gasteiger partial charge is 0.416 e. The Morgan fingerprint density at radius 3 is 2.21 bits per heavy atom. The highest BCUT2D eigenvalue weighted by molar-refractivity contribution is 5.94. The Labute approximate surface area is 241 Å². The monoisotopic (exact) mass is 581 g/mol. The van der Waals surface area contributed by atoms with Crippen LogP contribution in [-0.2, 0) is 30.5 Å². The fourth-order valence-electron chi connectivity index (χ4n) is 5.57. The maximum Gasteiger partial charge on any atom is 0.416 e. The number of nitrogens with zero attached hydrogens (tertiary/aromatic N) is 2. The lowest BCUT2D eigenvalue weighted by Gasteiger charge is -2.37. The van der Waals surface area contributed by atoms with Gasteiger partial charge in [-0.1, -0.05) is 30.3 Å². The second kappa shape index (κ2) is 11.2. The first-order valence-electron chi connectivity index (χ1n) is 13.8. The molecule has 1 spiro atoms. The van der Waals surface area contributed by atoms with E-state index >= 15 is 0 Å². The summed E-state index contributed by atoms with van der Waals surface area (Å²) in [5.41, 5.74) is 1.89. The molecule has 0 unspecified atom stereocenters. The summed E-state index contributed by atoms with van der Waals surface area (Å²) in [5, 5.41) is 2.90. The average molecular weight is 582 g/mol. The SMILES string of the molecule is O=C(NCc1ccc2c(c1)OCO2)c1ccc(CN2CC3(CCN(Cc4ccc(C(F)(F)F)cc4)CC3)OC2=O)cc1. The molecule has 3 aliphatic rings. The normalized spacial score (nSPS) is 17.9. The van der Waals surface area contributed by atoms with Gasteiger partial charge in [0.25, 0.3) is 5.91 Å². The van der Waals surface area contributed by atoms with Crippen molar-refractivity contribution in [3.63, 3.8) is 0 Å². The van der Waals surface area contributed by atoms with Crippen molar-refractivity contribution >= 4 is 12.0 Å². The highest BCUT2D eigenvalue weighted by Crippen LogP contribution is 2.35. The number of hydrogen-bond acceptors (Lipinski definition) is 6. The topological polar surface area (TPSA) is 80.3 Å².